The summed E-state index contributed by atoms with van der Waals surface area (Å²) in [6.45, 7) is 0.946. The van der Waals surface area contributed by atoms with Crippen LogP contribution in [0.3, 0.4) is 0 Å². The predicted octanol–water partition coefficient (Wildman–Crippen LogP) is 0.436. The van der Waals surface area contributed by atoms with Crippen molar-refractivity contribution in [3.8, 4) is 0 Å². The largest absolute Gasteiger partial charge is 0.438 e. The van der Waals surface area contributed by atoms with Gasteiger partial charge in [-0.05, 0) is 14.1 Å². The van der Waals surface area contributed by atoms with E-state index in [0.29, 0.717) is 13.1 Å². The van der Waals surface area contributed by atoms with E-state index in [1.165, 1.54) is 5.06 Å². The van der Waals surface area contributed by atoms with Crippen LogP contribution in [0.4, 0.5) is 0 Å². The number of hydrogen-bond acceptors (Lipinski definition) is 5. The molecule has 0 aromatic rings. The molecule has 0 aromatic carbocycles. The first kappa shape index (κ1) is 14.4. The minimum absolute atomic E-state index is 0.602. The van der Waals surface area contributed by atoms with Crippen LogP contribution in [0.15, 0.2) is 0 Å². The van der Waals surface area contributed by atoms with Crippen molar-refractivity contribution in [1.82, 2.24) is 14.9 Å². The zero-order chi connectivity index (χ0) is 12.2. The van der Waals surface area contributed by atoms with Gasteiger partial charge in [-0.15, -0.1) is 0 Å². The highest BCUT2D eigenvalue weighted by atomic mass is 35.7. The van der Waals surface area contributed by atoms with Crippen LogP contribution in [0.1, 0.15) is 0 Å². The summed E-state index contributed by atoms with van der Waals surface area (Å²) < 4.78 is 15.5. The summed E-state index contributed by atoms with van der Waals surface area (Å²) in [6, 6.07) is 0. The zero-order valence-corrected chi connectivity index (χ0v) is 11.3. The first-order valence-corrected chi connectivity index (χ1v) is 7.69. The molecule has 0 bridgehead atoms. The lowest BCUT2D eigenvalue weighted by Gasteiger charge is -2.34. The maximum Gasteiger partial charge on any atom is 0.438 e. The summed E-state index contributed by atoms with van der Waals surface area (Å²) >= 11 is 5.13. The Morgan fingerprint density at radius 2 is 1.94 bits per heavy atom. The van der Waals surface area contributed by atoms with Gasteiger partial charge in [-0.3, -0.25) is 4.90 Å². The Bertz CT molecular complexity index is 253. The van der Waals surface area contributed by atoms with E-state index in [1.54, 1.807) is 0 Å². The Morgan fingerprint density at radius 3 is 2.38 bits per heavy atom. The maximum atomic E-state index is 10.8. The molecule has 1 heterocycles. The van der Waals surface area contributed by atoms with Gasteiger partial charge in [0.25, 0.3) is 0 Å². The first-order valence-electron chi connectivity index (χ1n) is 5.21. The van der Waals surface area contributed by atoms with Crippen LogP contribution in [0.2, 0.25) is 0 Å². The SMILES string of the molecule is CN(C)CCN1CCN(OP(=O)(O)Cl)CC1. The molecule has 0 aromatic heterocycles. The number of piperazine rings is 1. The fourth-order valence-corrected chi connectivity index (χ4v) is 2.23. The van der Waals surface area contributed by atoms with Crippen molar-refractivity contribution >= 4 is 18.2 Å². The second-order valence-electron chi connectivity index (χ2n) is 4.11. The Hall–Kier alpha value is 0.320. The molecular formula is C8H19ClN3O3P. The van der Waals surface area contributed by atoms with Crippen LogP contribution < -0.4 is 0 Å². The molecule has 1 fully saturated rings. The Labute approximate surface area is 101 Å². The van der Waals surface area contributed by atoms with Crippen LogP contribution >= 0.6 is 18.2 Å². The molecule has 0 aliphatic carbocycles. The van der Waals surface area contributed by atoms with Crippen molar-refractivity contribution in [2.45, 2.75) is 0 Å². The quantitative estimate of drug-likeness (QED) is 0.732. The maximum absolute atomic E-state index is 10.8. The zero-order valence-electron chi connectivity index (χ0n) is 9.67. The average Bonchev–Trinajstić information content (AvgIpc) is 2.14. The molecule has 0 amide bonds. The number of hydroxylamine groups is 2. The van der Waals surface area contributed by atoms with Crippen molar-refractivity contribution in [2.75, 3.05) is 53.4 Å². The lowest BCUT2D eigenvalue weighted by atomic mass is 10.3. The van der Waals surface area contributed by atoms with Crippen LogP contribution in [-0.4, -0.2) is 73.1 Å². The topological polar surface area (TPSA) is 56.2 Å². The summed E-state index contributed by atoms with van der Waals surface area (Å²) in [4.78, 5) is 13.3. The smallest absolute Gasteiger partial charge is 0.312 e. The van der Waals surface area contributed by atoms with Gasteiger partial charge in [-0.25, -0.2) is 9.19 Å². The molecule has 1 aliphatic rings. The number of halogens is 1. The van der Waals surface area contributed by atoms with Crippen molar-refractivity contribution < 1.29 is 14.1 Å². The van der Waals surface area contributed by atoms with Crippen molar-refractivity contribution in [3.05, 3.63) is 0 Å². The van der Waals surface area contributed by atoms with E-state index in [0.717, 1.165) is 26.2 Å². The van der Waals surface area contributed by atoms with E-state index in [9.17, 15) is 4.57 Å². The molecule has 8 heteroatoms. The number of rotatable bonds is 5. The third kappa shape index (κ3) is 6.15. The van der Waals surface area contributed by atoms with E-state index in [-0.39, 0.29) is 0 Å². The third-order valence-corrected chi connectivity index (χ3v) is 3.03. The Balaban J connectivity index is 2.21. The number of hydrogen-bond donors (Lipinski definition) is 1. The highest BCUT2D eigenvalue weighted by molar-refractivity contribution is 7.80. The first-order chi connectivity index (χ1) is 7.37. The third-order valence-electron chi connectivity index (χ3n) is 2.41. The van der Waals surface area contributed by atoms with Crippen LogP contribution in [0.5, 0.6) is 0 Å². The van der Waals surface area contributed by atoms with Crippen molar-refractivity contribution in [1.29, 1.82) is 0 Å². The lowest BCUT2D eigenvalue weighted by Crippen LogP contribution is -2.47. The molecule has 0 saturated carbocycles. The molecule has 1 aliphatic heterocycles. The van der Waals surface area contributed by atoms with Gasteiger partial charge in [0, 0.05) is 50.5 Å². The lowest BCUT2D eigenvalue weighted by molar-refractivity contribution is -0.0919. The second-order valence-corrected chi connectivity index (χ2v) is 6.45. The van der Waals surface area contributed by atoms with Gasteiger partial charge >= 0.3 is 6.95 Å². The van der Waals surface area contributed by atoms with Gasteiger partial charge in [-0.1, -0.05) is 0 Å². The summed E-state index contributed by atoms with van der Waals surface area (Å²) in [5.74, 6) is 0. The molecule has 1 saturated heterocycles. The molecule has 6 nitrogen and oxygen atoms in total. The Kier molecular flexibility index (Phi) is 5.67. The van der Waals surface area contributed by atoms with Crippen LogP contribution in [0.25, 0.3) is 0 Å². The van der Waals surface area contributed by atoms with E-state index in [1.807, 2.05) is 14.1 Å². The Morgan fingerprint density at radius 1 is 1.38 bits per heavy atom. The monoisotopic (exact) mass is 271 g/mol. The average molecular weight is 272 g/mol. The molecule has 0 radical (unpaired) electrons. The van der Waals surface area contributed by atoms with E-state index in [2.05, 4.69) is 9.80 Å². The number of likely N-dealkylation sites (N-methyl/N-ethyl adjacent to an activating group) is 1. The van der Waals surface area contributed by atoms with Gasteiger partial charge in [-0.2, -0.15) is 5.06 Å². The van der Waals surface area contributed by atoms with Gasteiger partial charge in [0.15, 0.2) is 0 Å². The van der Waals surface area contributed by atoms with Crippen molar-refractivity contribution in [3.63, 3.8) is 0 Å². The fourth-order valence-electron chi connectivity index (χ4n) is 1.52. The summed E-state index contributed by atoms with van der Waals surface area (Å²) in [6.07, 6.45) is 0. The van der Waals surface area contributed by atoms with Crippen molar-refractivity contribution in [2.24, 2.45) is 0 Å². The molecule has 1 N–H and O–H groups in total. The van der Waals surface area contributed by atoms with Crippen LogP contribution in [0, 0.1) is 0 Å². The normalized spacial score (nSPS) is 23.6. The summed E-state index contributed by atoms with van der Waals surface area (Å²) in [5, 5.41) is 1.46. The highest BCUT2D eigenvalue weighted by Crippen LogP contribution is 2.48. The minimum Gasteiger partial charge on any atom is -0.312 e. The molecule has 1 unspecified atom stereocenters. The predicted molar refractivity (Wildman–Crippen MR) is 63.3 cm³/mol. The summed E-state index contributed by atoms with van der Waals surface area (Å²) in [7, 11) is 4.07. The fraction of sp³-hybridized carbons (Fsp3) is 1.00. The van der Waals surface area contributed by atoms with Gasteiger partial charge in [0.2, 0.25) is 0 Å². The molecule has 96 valence electrons. The molecule has 0 spiro atoms. The number of nitrogens with zero attached hydrogens (tertiary/aromatic N) is 3. The van der Waals surface area contributed by atoms with E-state index >= 15 is 0 Å². The molecule has 1 rings (SSSR count). The van der Waals surface area contributed by atoms with E-state index < -0.39 is 6.95 Å². The molecular weight excluding hydrogens is 253 g/mol. The summed E-state index contributed by atoms with van der Waals surface area (Å²) in [5.41, 5.74) is 0. The van der Waals surface area contributed by atoms with Crippen LogP contribution in [-0.2, 0) is 9.19 Å². The van der Waals surface area contributed by atoms with Gasteiger partial charge < -0.3 is 9.79 Å². The second kappa shape index (κ2) is 6.31. The minimum atomic E-state index is -3.91. The van der Waals surface area contributed by atoms with E-state index in [4.69, 9.17) is 20.8 Å². The highest BCUT2D eigenvalue weighted by Gasteiger charge is 2.24. The molecule has 16 heavy (non-hydrogen) atoms. The molecule has 1 atom stereocenters. The van der Waals surface area contributed by atoms with Gasteiger partial charge in [0.05, 0.1) is 0 Å². The standard InChI is InChI=1S/C8H19ClN3O3P/c1-10(2)3-4-11-5-7-12(8-6-11)15-16(9,13)14/h3-8H2,1-2H3,(H,13,14). The van der Waals surface area contributed by atoms with Gasteiger partial charge in [0.1, 0.15) is 0 Å².